The third kappa shape index (κ3) is 3.79. The summed E-state index contributed by atoms with van der Waals surface area (Å²) in [5, 5.41) is 4.10. The van der Waals surface area contributed by atoms with Crippen molar-refractivity contribution >= 4 is 33.7 Å². The molecule has 3 aromatic rings. The normalized spacial score (nSPS) is 16.4. The maximum absolute atomic E-state index is 12.0. The van der Waals surface area contributed by atoms with Crippen molar-refractivity contribution in [1.82, 2.24) is 19.9 Å². The number of nitrogen functional groups attached to an aromatic ring is 1. The van der Waals surface area contributed by atoms with Crippen molar-refractivity contribution in [3.8, 4) is 0 Å². The van der Waals surface area contributed by atoms with Gasteiger partial charge in [0.15, 0.2) is 5.82 Å². The molecule has 2 aromatic heterocycles. The molecule has 0 bridgehead atoms. The Kier molecular flexibility index (Phi) is 5.05. The number of nitrogens with two attached hydrogens (primary N) is 1. The van der Waals surface area contributed by atoms with Crippen LogP contribution >= 0.6 is 0 Å². The molecule has 0 aliphatic heterocycles. The zero-order valence-corrected chi connectivity index (χ0v) is 15.4. The number of rotatable bonds is 7. The summed E-state index contributed by atoms with van der Waals surface area (Å²) >= 11 is 0. The Hall–Kier alpha value is -2.89. The molecule has 0 radical (unpaired) electrons. The topological polar surface area (TPSA) is 85.8 Å². The number of unbranched alkanes of at least 4 members (excludes halogenated alkanes) is 1. The number of carbonyl (C=O) groups excluding carboxylic acids is 1. The number of hydrogen-bond acceptors (Lipinski definition) is 4. The van der Waals surface area contributed by atoms with Gasteiger partial charge in [0.1, 0.15) is 5.52 Å². The minimum Gasteiger partial charge on any atom is -0.382 e. The molecule has 1 aromatic carbocycles. The molecule has 0 spiro atoms. The first-order chi connectivity index (χ1) is 13.2. The second-order valence-electron chi connectivity index (χ2n) is 7.18. The fourth-order valence-electron chi connectivity index (χ4n) is 3.79. The lowest BCUT2D eigenvalue weighted by atomic mass is 10.1. The van der Waals surface area contributed by atoms with Crippen LogP contribution < -0.4 is 11.1 Å². The molecule has 0 saturated heterocycles. The lowest BCUT2D eigenvalue weighted by Crippen LogP contribution is -2.26. The van der Waals surface area contributed by atoms with Gasteiger partial charge >= 0.3 is 0 Å². The summed E-state index contributed by atoms with van der Waals surface area (Å²) in [5.41, 5.74) is 8.75. The summed E-state index contributed by atoms with van der Waals surface area (Å²) < 4.78 is 2.14. The summed E-state index contributed by atoms with van der Waals surface area (Å²) in [7, 11) is 0. The number of anilines is 1. The predicted octanol–water partition coefficient (Wildman–Crippen LogP) is 3.42. The van der Waals surface area contributed by atoms with Crippen molar-refractivity contribution < 1.29 is 4.79 Å². The van der Waals surface area contributed by atoms with Crippen LogP contribution in [0.1, 0.15) is 32.1 Å². The lowest BCUT2D eigenvalue weighted by Gasteiger charge is -2.10. The van der Waals surface area contributed by atoms with Crippen LogP contribution in [0.25, 0.3) is 21.9 Å². The van der Waals surface area contributed by atoms with Gasteiger partial charge in [-0.05, 0) is 37.7 Å². The first kappa shape index (κ1) is 17.5. The monoisotopic (exact) mass is 363 g/mol. The highest BCUT2D eigenvalue weighted by Crippen LogP contribution is 2.27. The summed E-state index contributed by atoms with van der Waals surface area (Å²) in [4.78, 5) is 20.9. The van der Waals surface area contributed by atoms with Crippen molar-refractivity contribution in [2.24, 2.45) is 5.92 Å². The first-order valence-electron chi connectivity index (χ1n) is 9.65. The molecule has 3 N–H and O–H groups in total. The molecule has 140 valence electrons. The Labute approximate surface area is 158 Å². The molecule has 2 heterocycles. The summed E-state index contributed by atoms with van der Waals surface area (Å²) in [6, 6.07) is 7.99. The fraction of sp³-hybridized carbons (Fsp3) is 0.381. The lowest BCUT2D eigenvalue weighted by molar-refractivity contribution is -0.121. The van der Waals surface area contributed by atoms with E-state index in [0.717, 1.165) is 54.2 Å². The third-order valence-electron chi connectivity index (χ3n) is 5.19. The summed E-state index contributed by atoms with van der Waals surface area (Å²) in [5.74, 6) is 1.05. The highest BCUT2D eigenvalue weighted by atomic mass is 16.1. The van der Waals surface area contributed by atoms with E-state index in [1.165, 1.54) is 0 Å². The van der Waals surface area contributed by atoms with E-state index in [1.807, 2.05) is 24.5 Å². The van der Waals surface area contributed by atoms with Crippen molar-refractivity contribution in [1.29, 1.82) is 0 Å². The van der Waals surface area contributed by atoms with Gasteiger partial charge < -0.3 is 15.6 Å². The second kappa shape index (κ2) is 7.78. The molecule has 6 nitrogen and oxygen atoms in total. The van der Waals surface area contributed by atoms with Gasteiger partial charge in [-0.1, -0.05) is 30.4 Å². The molecule has 1 aliphatic rings. The number of imidazole rings is 1. The summed E-state index contributed by atoms with van der Waals surface area (Å²) in [6.45, 7) is 1.55. The SMILES string of the molecule is Nc1nc2ccccc2c2c1ncn2CCCCNC(=O)CC1C=CCC1. The maximum Gasteiger partial charge on any atom is 0.220 e. The van der Waals surface area contributed by atoms with Gasteiger partial charge in [-0.3, -0.25) is 4.79 Å². The minimum absolute atomic E-state index is 0.157. The molecule has 0 saturated carbocycles. The Morgan fingerprint density at radius 1 is 1.30 bits per heavy atom. The first-order valence-corrected chi connectivity index (χ1v) is 9.65. The predicted molar refractivity (Wildman–Crippen MR) is 108 cm³/mol. The zero-order chi connectivity index (χ0) is 18.6. The van der Waals surface area contributed by atoms with Crippen LogP contribution in [0.5, 0.6) is 0 Å². The number of aryl methyl sites for hydroxylation is 1. The molecule has 1 amide bonds. The molecule has 1 unspecified atom stereocenters. The van der Waals surface area contributed by atoms with Gasteiger partial charge in [0.2, 0.25) is 5.91 Å². The van der Waals surface area contributed by atoms with Crippen LogP contribution in [-0.2, 0) is 11.3 Å². The zero-order valence-electron chi connectivity index (χ0n) is 15.4. The number of nitrogens with one attached hydrogen (secondary N) is 1. The largest absolute Gasteiger partial charge is 0.382 e. The molecular weight excluding hydrogens is 338 g/mol. The number of allylic oxidation sites excluding steroid dienone is 2. The minimum atomic E-state index is 0.157. The Bertz CT molecular complexity index is 991. The van der Waals surface area contributed by atoms with Crippen LogP contribution in [0.3, 0.4) is 0 Å². The Morgan fingerprint density at radius 3 is 3.04 bits per heavy atom. The molecule has 4 rings (SSSR count). The molecule has 0 fully saturated rings. The second-order valence-corrected chi connectivity index (χ2v) is 7.18. The van der Waals surface area contributed by atoms with E-state index in [4.69, 9.17) is 5.73 Å². The number of pyridine rings is 1. The highest BCUT2D eigenvalue weighted by molar-refractivity contribution is 6.06. The summed E-state index contributed by atoms with van der Waals surface area (Å²) in [6.07, 6.45) is 10.9. The average Bonchev–Trinajstić information content (AvgIpc) is 3.32. The fourth-order valence-corrected chi connectivity index (χ4v) is 3.79. The number of nitrogens with zero attached hydrogens (tertiary/aromatic N) is 3. The van der Waals surface area contributed by atoms with E-state index >= 15 is 0 Å². The van der Waals surface area contributed by atoms with E-state index in [1.54, 1.807) is 0 Å². The van der Waals surface area contributed by atoms with Crippen LogP contribution in [0.2, 0.25) is 0 Å². The number of amides is 1. The van der Waals surface area contributed by atoms with Crippen molar-refractivity contribution in [2.75, 3.05) is 12.3 Å². The van der Waals surface area contributed by atoms with Crippen LogP contribution in [-0.4, -0.2) is 27.0 Å². The molecule has 6 heteroatoms. The molecule has 1 aliphatic carbocycles. The van der Waals surface area contributed by atoms with Crippen molar-refractivity contribution in [3.63, 3.8) is 0 Å². The standard InChI is InChI=1S/C21H25N5O/c22-21-19-20(16-9-3-4-10-17(16)25-21)26(14-24-19)12-6-5-11-23-18(27)13-15-7-1-2-8-15/h1,3-4,7,9-10,14-15H,2,5-6,8,11-13H2,(H2,22,25)(H,23,27). The number of aromatic nitrogens is 3. The van der Waals surface area contributed by atoms with Gasteiger partial charge in [-0.25, -0.2) is 9.97 Å². The average molecular weight is 363 g/mol. The highest BCUT2D eigenvalue weighted by Gasteiger charge is 2.14. The van der Waals surface area contributed by atoms with Crippen molar-refractivity contribution in [2.45, 2.75) is 38.6 Å². The van der Waals surface area contributed by atoms with Gasteiger partial charge in [0.25, 0.3) is 0 Å². The Balaban J connectivity index is 1.34. The van der Waals surface area contributed by atoms with Gasteiger partial charge in [-0.2, -0.15) is 0 Å². The van der Waals surface area contributed by atoms with E-state index in [2.05, 4.69) is 38.1 Å². The van der Waals surface area contributed by atoms with E-state index in [0.29, 0.717) is 24.7 Å². The number of benzene rings is 1. The van der Waals surface area contributed by atoms with Gasteiger partial charge in [-0.15, -0.1) is 0 Å². The van der Waals surface area contributed by atoms with Crippen LogP contribution in [0.15, 0.2) is 42.7 Å². The van der Waals surface area contributed by atoms with Crippen LogP contribution in [0.4, 0.5) is 5.82 Å². The van der Waals surface area contributed by atoms with Crippen molar-refractivity contribution in [3.05, 3.63) is 42.7 Å². The number of hydrogen-bond donors (Lipinski definition) is 2. The number of fused-ring (bicyclic) bond motifs is 3. The number of carbonyl (C=O) groups is 1. The quantitative estimate of drug-likeness (QED) is 0.497. The Morgan fingerprint density at radius 2 is 2.19 bits per heavy atom. The van der Waals surface area contributed by atoms with Gasteiger partial charge in [0, 0.05) is 24.9 Å². The molecule has 27 heavy (non-hydrogen) atoms. The number of para-hydroxylation sites is 1. The van der Waals surface area contributed by atoms with Crippen LogP contribution in [0, 0.1) is 5.92 Å². The van der Waals surface area contributed by atoms with E-state index < -0.39 is 0 Å². The van der Waals surface area contributed by atoms with E-state index in [-0.39, 0.29) is 5.91 Å². The molecular formula is C21H25N5O. The third-order valence-corrected chi connectivity index (χ3v) is 5.19. The molecule has 1 atom stereocenters. The maximum atomic E-state index is 12.0. The van der Waals surface area contributed by atoms with Gasteiger partial charge in [0.05, 0.1) is 17.4 Å². The van der Waals surface area contributed by atoms with E-state index in [9.17, 15) is 4.79 Å². The smallest absolute Gasteiger partial charge is 0.220 e.